The molecule has 0 bridgehead atoms. The predicted octanol–water partition coefficient (Wildman–Crippen LogP) is 2.71. The number of carbonyl (C=O) groups is 1. The maximum absolute atomic E-state index is 11.0. The summed E-state index contributed by atoms with van der Waals surface area (Å²) in [6.45, 7) is 2.42. The zero-order chi connectivity index (χ0) is 14.5. The van der Waals surface area contributed by atoms with E-state index < -0.39 is 5.97 Å². The van der Waals surface area contributed by atoms with Gasteiger partial charge in [0.2, 0.25) is 5.88 Å². The molecule has 0 saturated carbocycles. The Bertz CT molecular complexity index is 626. The van der Waals surface area contributed by atoms with Crippen LogP contribution in [0.25, 0.3) is 0 Å². The largest absolute Gasteiger partial charge is 0.481 e. The Kier molecular flexibility index (Phi) is 4.20. The topological polar surface area (TPSA) is 71.5 Å². The van der Waals surface area contributed by atoms with Crippen LogP contribution in [-0.2, 0) is 6.54 Å². The van der Waals surface area contributed by atoms with Gasteiger partial charge in [-0.3, -0.25) is 0 Å². The molecule has 0 amide bonds. The number of benzene rings is 1. The van der Waals surface area contributed by atoms with Crippen molar-refractivity contribution in [3.05, 3.63) is 53.2 Å². The average molecular weight is 272 g/mol. The third-order valence-corrected chi connectivity index (χ3v) is 2.93. The van der Waals surface area contributed by atoms with Crippen molar-refractivity contribution in [2.24, 2.45) is 0 Å². The highest BCUT2D eigenvalue weighted by Crippen LogP contribution is 2.18. The summed E-state index contributed by atoms with van der Waals surface area (Å²) in [5.74, 6) is -0.382. The van der Waals surface area contributed by atoms with Crippen molar-refractivity contribution in [1.82, 2.24) is 4.98 Å². The van der Waals surface area contributed by atoms with Crippen molar-refractivity contribution in [3.8, 4) is 5.88 Å². The van der Waals surface area contributed by atoms with Gasteiger partial charge >= 0.3 is 5.97 Å². The van der Waals surface area contributed by atoms with Gasteiger partial charge in [0, 0.05) is 11.8 Å². The molecule has 0 aliphatic rings. The molecule has 5 nitrogen and oxygen atoms in total. The number of hydrogen-bond donors (Lipinski definition) is 2. The van der Waals surface area contributed by atoms with Crippen LogP contribution in [0, 0.1) is 6.92 Å². The average Bonchev–Trinajstić information content (AvgIpc) is 2.46. The normalized spacial score (nSPS) is 10.1. The minimum Gasteiger partial charge on any atom is -0.481 e. The summed E-state index contributed by atoms with van der Waals surface area (Å²) in [4.78, 5) is 15.3. The molecule has 5 heteroatoms. The zero-order valence-corrected chi connectivity index (χ0v) is 11.4. The smallest absolute Gasteiger partial charge is 0.335 e. The zero-order valence-electron chi connectivity index (χ0n) is 11.4. The molecule has 0 aliphatic carbocycles. The lowest BCUT2D eigenvalue weighted by atomic mass is 10.1. The summed E-state index contributed by atoms with van der Waals surface area (Å²) < 4.78 is 5.06. The number of rotatable bonds is 5. The van der Waals surface area contributed by atoms with Gasteiger partial charge in [-0.15, -0.1) is 0 Å². The Balaban J connectivity index is 2.13. The molecule has 0 radical (unpaired) electrons. The lowest BCUT2D eigenvalue weighted by Gasteiger charge is -2.10. The molecule has 2 aromatic rings. The third kappa shape index (κ3) is 3.26. The fraction of sp³-hybridized carbons (Fsp3) is 0.200. The number of nitrogens with one attached hydrogen (secondary N) is 1. The first-order chi connectivity index (χ1) is 9.60. The van der Waals surface area contributed by atoms with Gasteiger partial charge in [-0.25, -0.2) is 9.78 Å². The standard InChI is InChI=1S/C15H16N2O3/c1-10-6-7-11(15(18)19)8-13(10)16-9-12-4-3-5-14(17-12)20-2/h3-8,16H,9H2,1-2H3,(H,18,19). The molecular formula is C15H16N2O3. The van der Waals surface area contributed by atoms with E-state index in [4.69, 9.17) is 9.84 Å². The van der Waals surface area contributed by atoms with Crippen molar-refractivity contribution in [2.45, 2.75) is 13.5 Å². The van der Waals surface area contributed by atoms with Crippen molar-refractivity contribution in [2.75, 3.05) is 12.4 Å². The molecule has 2 rings (SSSR count). The molecular weight excluding hydrogens is 256 g/mol. The first-order valence-corrected chi connectivity index (χ1v) is 6.18. The molecule has 20 heavy (non-hydrogen) atoms. The van der Waals surface area contributed by atoms with E-state index >= 15 is 0 Å². The van der Waals surface area contributed by atoms with E-state index in [1.54, 1.807) is 31.4 Å². The van der Waals surface area contributed by atoms with Crippen LogP contribution >= 0.6 is 0 Å². The van der Waals surface area contributed by atoms with E-state index in [9.17, 15) is 4.79 Å². The van der Waals surface area contributed by atoms with Crippen LogP contribution < -0.4 is 10.1 Å². The molecule has 0 aliphatic heterocycles. The lowest BCUT2D eigenvalue weighted by molar-refractivity contribution is 0.0697. The molecule has 0 atom stereocenters. The SMILES string of the molecule is COc1cccc(CNc2cc(C(=O)O)ccc2C)n1. The van der Waals surface area contributed by atoms with Crippen molar-refractivity contribution >= 4 is 11.7 Å². The van der Waals surface area contributed by atoms with Gasteiger partial charge < -0.3 is 15.2 Å². The number of aryl methyl sites for hydroxylation is 1. The molecule has 0 fully saturated rings. The second-order valence-electron chi connectivity index (χ2n) is 4.36. The minimum absolute atomic E-state index is 0.261. The Morgan fingerprint density at radius 2 is 2.15 bits per heavy atom. The number of anilines is 1. The highest BCUT2D eigenvalue weighted by atomic mass is 16.5. The van der Waals surface area contributed by atoms with Crippen LogP contribution in [0.5, 0.6) is 5.88 Å². The fourth-order valence-electron chi connectivity index (χ4n) is 1.80. The van der Waals surface area contributed by atoms with E-state index in [2.05, 4.69) is 10.3 Å². The summed E-state index contributed by atoms with van der Waals surface area (Å²) in [6.07, 6.45) is 0. The Labute approximate surface area is 117 Å². The van der Waals surface area contributed by atoms with Gasteiger partial charge in [0.25, 0.3) is 0 Å². The van der Waals surface area contributed by atoms with Gasteiger partial charge in [0.05, 0.1) is 24.9 Å². The quantitative estimate of drug-likeness (QED) is 0.875. The molecule has 104 valence electrons. The first kappa shape index (κ1) is 13.9. The van der Waals surface area contributed by atoms with Gasteiger partial charge in [-0.05, 0) is 30.7 Å². The van der Waals surface area contributed by atoms with Crippen LogP contribution in [0.1, 0.15) is 21.6 Å². The van der Waals surface area contributed by atoms with Gasteiger partial charge in [-0.2, -0.15) is 0 Å². The molecule has 1 heterocycles. The second kappa shape index (κ2) is 6.06. The number of methoxy groups -OCH3 is 1. The maximum atomic E-state index is 11.0. The fourth-order valence-corrected chi connectivity index (χ4v) is 1.80. The van der Waals surface area contributed by atoms with E-state index in [-0.39, 0.29) is 5.56 Å². The number of aromatic nitrogens is 1. The molecule has 2 N–H and O–H groups in total. The third-order valence-electron chi connectivity index (χ3n) is 2.93. The van der Waals surface area contributed by atoms with E-state index in [0.717, 1.165) is 16.9 Å². The Morgan fingerprint density at radius 1 is 1.35 bits per heavy atom. The minimum atomic E-state index is -0.937. The van der Waals surface area contributed by atoms with Gasteiger partial charge in [0.1, 0.15) is 0 Å². The highest BCUT2D eigenvalue weighted by molar-refractivity contribution is 5.89. The van der Waals surface area contributed by atoms with Crippen LogP contribution in [0.4, 0.5) is 5.69 Å². The Morgan fingerprint density at radius 3 is 2.85 bits per heavy atom. The van der Waals surface area contributed by atoms with Crippen LogP contribution in [0.3, 0.4) is 0 Å². The van der Waals surface area contributed by atoms with Crippen LogP contribution in [-0.4, -0.2) is 23.2 Å². The number of aromatic carboxylic acids is 1. The predicted molar refractivity (Wildman–Crippen MR) is 76.3 cm³/mol. The summed E-state index contributed by atoms with van der Waals surface area (Å²) in [5.41, 5.74) is 2.86. The number of carboxylic acid groups (broad SMARTS) is 1. The van der Waals surface area contributed by atoms with Gasteiger partial charge in [-0.1, -0.05) is 12.1 Å². The van der Waals surface area contributed by atoms with Crippen molar-refractivity contribution < 1.29 is 14.6 Å². The maximum Gasteiger partial charge on any atom is 0.335 e. The molecule has 1 aromatic carbocycles. The monoisotopic (exact) mass is 272 g/mol. The number of ether oxygens (including phenoxy) is 1. The molecule has 0 saturated heterocycles. The summed E-state index contributed by atoms with van der Waals surface area (Å²) in [5, 5.41) is 12.2. The molecule has 1 aromatic heterocycles. The number of hydrogen-bond acceptors (Lipinski definition) is 4. The lowest BCUT2D eigenvalue weighted by Crippen LogP contribution is -2.05. The Hall–Kier alpha value is -2.56. The summed E-state index contributed by atoms with van der Waals surface area (Å²) in [6, 6.07) is 10.5. The summed E-state index contributed by atoms with van der Waals surface area (Å²) >= 11 is 0. The summed E-state index contributed by atoms with van der Waals surface area (Å²) in [7, 11) is 1.57. The molecule has 0 spiro atoms. The van der Waals surface area contributed by atoms with Crippen molar-refractivity contribution in [3.63, 3.8) is 0 Å². The highest BCUT2D eigenvalue weighted by Gasteiger charge is 2.06. The molecule has 0 unspecified atom stereocenters. The number of pyridine rings is 1. The van der Waals surface area contributed by atoms with Crippen LogP contribution in [0.15, 0.2) is 36.4 Å². The van der Waals surface area contributed by atoms with E-state index in [0.29, 0.717) is 12.4 Å². The first-order valence-electron chi connectivity index (χ1n) is 6.18. The van der Waals surface area contributed by atoms with E-state index in [1.165, 1.54) is 0 Å². The second-order valence-corrected chi connectivity index (χ2v) is 4.36. The van der Waals surface area contributed by atoms with Crippen molar-refractivity contribution in [1.29, 1.82) is 0 Å². The van der Waals surface area contributed by atoms with E-state index in [1.807, 2.05) is 19.1 Å². The number of carboxylic acids is 1. The number of nitrogens with zero attached hydrogens (tertiary/aromatic N) is 1. The van der Waals surface area contributed by atoms with Crippen LogP contribution in [0.2, 0.25) is 0 Å². The van der Waals surface area contributed by atoms with Gasteiger partial charge in [0.15, 0.2) is 0 Å².